The number of anilines is 6. The fraction of sp³-hybridized carbons (Fsp3) is 0.0169. The van der Waals surface area contributed by atoms with Crippen molar-refractivity contribution in [3.63, 3.8) is 0 Å². The summed E-state index contributed by atoms with van der Waals surface area (Å²) in [6.45, 7) is 0. The minimum Gasteiger partial charge on any atom is -0.456 e. The van der Waals surface area contributed by atoms with Crippen LogP contribution in [0.1, 0.15) is 22.3 Å². The summed E-state index contributed by atoms with van der Waals surface area (Å²) in [5, 5.41) is 4.54. The molecule has 0 saturated carbocycles. The van der Waals surface area contributed by atoms with E-state index in [1.54, 1.807) is 0 Å². The minimum atomic E-state index is -0.632. The van der Waals surface area contributed by atoms with Gasteiger partial charge >= 0.3 is 0 Å². The molecule has 11 aromatic rings. The second-order valence-electron chi connectivity index (χ2n) is 16.4. The third-order valence-corrected chi connectivity index (χ3v) is 13.1. The molecule has 0 radical (unpaired) electrons. The van der Waals surface area contributed by atoms with E-state index < -0.39 is 5.41 Å². The van der Waals surface area contributed by atoms with Crippen LogP contribution in [0, 0.1) is 0 Å². The van der Waals surface area contributed by atoms with Gasteiger partial charge < -0.3 is 19.0 Å². The van der Waals surface area contributed by atoms with E-state index in [9.17, 15) is 0 Å². The first-order chi connectivity index (χ1) is 31.3. The molecular weight excluding hydrogens is 769 g/mol. The van der Waals surface area contributed by atoms with Crippen molar-refractivity contribution in [2.75, 3.05) is 9.80 Å². The van der Waals surface area contributed by atoms with Crippen LogP contribution in [0.4, 0.5) is 34.1 Å². The van der Waals surface area contributed by atoms with E-state index in [4.69, 9.17) is 9.15 Å². The molecule has 2 heterocycles. The molecule has 1 aromatic heterocycles. The van der Waals surface area contributed by atoms with Gasteiger partial charge in [-0.15, -0.1) is 0 Å². The maximum atomic E-state index is 7.27. The van der Waals surface area contributed by atoms with Gasteiger partial charge in [0.2, 0.25) is 0 Å². The van der Waals surface area contributed by atoms with E-state index in [0.717, 1.165) is 78.7 Å². The summed E-state index contributed by atoms with van der Waals surface area (Å²) >= 11 is 0. The molecule has 1 atom stereocenters. The van der Waals surface area contributed by atoms with Gasteiger partial charge in [-0.1, -0.05) is 152 Å². The minimum absolute atomic E-state index is 0.632. The van der Waals surface area contributed by atoms with Gasteiger partial charge in [-0.3, -0.25) is 0 Å². The zero-order valence-corrected chi connectivity index (χ0v) is 34.2. The van der Waals surface area contributed by atoms with Crippen LogP contribution in [0.3, 0.4) is 0 Å². The topological polar surface area (TPSA) is 28.9 Å². The molecule has 0 bridgehead atoms. The lowest BCUT2D eigenvalue weighted by atomic mass is 9.66. The van der Waals surface area contributed by atoms with Crippen molar-refractivity contribution in [2.24, 2.45) is 0 Å². The Morgan fingerprint density at radius 2 is 0.984 bits per heavy atom. The Balaban J connectivity index is 1.06. The van der Waals surface area contributed by atoms with E-state index in [1.807, 2.05) is 0 Å². The van der Waals surface area contributed by atoms with Crippen LogP contribution in [-0.4, -0.2) is 0 Å². The Morgan fingerprint density at radius 1 is 0.365 bits per heavy atom. The molecular formula is C59H38N2O2. The van der Waals surface area contributed by atoms with Crippen molar-refractivity contribution in [3.8, 4) is 22.6 Å². The first-order valence-corrected chi connectivity index (χ1v) is 21.5. The number of nitrogens with zero attached hydrogens (tertiary/aromatic N) is 2. The lowest BCUT2D eigenvalue weighted by Crippen LogP contribution is -2.32. The average molecular weight is 807 g/mol. The number of ether oxygens (including phenoxy) is 1. The fourth-order valence-electron chi connectivity index (χ4n) is 10.6. The number of para-hydroxylation sites is 5. The van der Waals surface area contributed by atoms with Crippen molar-refractivity contribution in [1.82, 2.24) is 0 Å². The van der Waals surface area contributed by atoms with Crippen LogP contribution < -0.4 is 14.5 Å². The molecule has 1 spiro atoms. The molecule has 0 fully saturated rings. The summed E-state index contributed by atoms with van der Waals surface area (Å²) in [5.41, 5.74) is 14.4. The van der Waals surface area contributed by atoms with Crippen molar-refractivity contribution in [3.05, 3.63) is 253 Å². The van der Waals surface area contributed by atoms with Crippen molar-refractivity contribution in [1.29, 1.82) is 0 Å². The van der Waals surface area contributed by atoms with Gasteiger partial charge in [-0.2, -0.15) is 0 Å². The molecule has 2 aliphatic rings. The number of hydrogen-bond acceptors (Lipinski definition) is 4. The van der Waals surface area contributed by atoms with Gasteiger partial charge in [0.15, 0.2) is 5.75 Å². The van der Waals surface area contributed by atoms with Crippen molar-refractivity contribution < 1.29 is 9.15 Å². The highest BCUT2D eigenvalue weighted by atomic mass is 16.5. The second kappa shape index (κ2) is 13.8. The van der Waals surface area contributed by atoms with Gasteiger partial charge in [0.1, 0.15) is 16.9 Å². The predicted octanol–water partition coefficient (Wildman–Crippen LogP) is 16.1. The van der Waals surface area contributed by atoms with E-state index in [1.165, 1.54) is 33.0 Å². The van der Waals surface area contributed by atoms with E-state index >= 15 is 0 Å². The lowest BCUT2D eigenvalue weighted by Gasteiger charge is -2.41. The summed E-state index contributed by atoms with van der Waals surface area (Å²) in [7, 11) is 0. The Kier molecular flexibility index (Phi) is 7.79. The SMILES string of the molecule is c1ccc(N(c2ccccc2)c2ccc3c(c2)oc2cccc(N(c4ccccc4)c4cccc5c4Oc4ccccc4C54c5ccccc5-c5c4ccc4ccccc54)c23)cc1. The summed E-state index contributed by atoms with van der Waals surface area (Å²) in [6.07, 6.45) is 0. The standard InChI is InChI=1S/C59H38N2O2/c1-4-19-40(20-5-1)60(41-21-6-2-7-22-41)43-35-36-46-55(38-43)62-54-33-17-30-51(57(46)54)61(42-23-8-3-9-24-42)52-31-16-29-50-58(52)63-53-32-15-14-28-48(53)59(50)47-27-13-12-26-45(47)56-44-25-11-10-18-39(44)34-37-49(56)59/h1-38H. The van der Waals surface area contributed by atoms with Gasteiger partial charge in [0.05, 0.1) is 22.2 Å². The number of benzene rings is 10. The molecule has 1 aliphatic heterocycles. The van der Waals surface area contributed by atoms with E-state index in [0.29, 0.717) is 0 Å². The fourth-order valence-corrected chi connectivity index (χ4v) is 10.6. The molecule has 13 rings (SSSR count). The Morgan fingerprint density at radius 3 is 1.76 bits per heavy atom. The number of fused-ring (bicyclic) bond motifs is 14. The summed E-state index contributed by atoms with van der Waals surface area (Å²) in [4.78, 5) is 4.63. The molecule has 63 heavy (non-hydrogen) atoms. The normalized spacial score (nSPS) is 14.5. The average Bonchev–Trinajstić information content (AvgIpc) is 3.87. The van der Waals surface area contributed by atoms with E-state index in [2.05, 4.69) is 240 Å². The molecule has 0 saturated heterocycles. The number of hydrogen-bond donors (Lipinski definition) is 0. The number of rotatable bonds is 6. The van der Waals surface area contributed by atoms with E-state index in [-0.39, 0.29) is 0 Å². The summed E-state index contributed by atoms with van der Waals surface area (Å²) in [5.74, 6) is 1.67. The van der Waals surface area contributed by atoms with Crippen LogP contribution in [0.2, 0.25) is 0 Å². The van der Waals surface area contributed by atoms with Gasteiger partial charge in [-0.05, 0) is 106 Å². The zero-order valence-electron chi connectivity index (χ0n) is 34.2. The maximum Gasteiger partial charge on any atom is 0.156 e. The lowest BCUT2D eigenvalue weighted by molar-refractivity contribution is 0.437. The van der Waals surface area contributed by atoms with Crippen LogP contribution in [0.25, 0.3) is 43.8 Å². The Labute approximate surface area is 365 Å². The van der Waals surface area contributed by atoms with Crippen molar-refractivity contribution in [2.45, 2.75) is 5.41 Å². The third kappa shape index (κ3) is 5.16. The molecule has 10 aromatic carbocycles. The molecule has 4 nitrogen and oxygen atoms in total. The smallest absolute Gasteiger partial charge is 0.156 e. The quantitative estimate of drug-likeness (QED) is 0.167. The van der Waals surface area contributed by atoms with Crippen LogP contribution >= 0.6 is 0 Å². The molecule has 1 aliphatic carbocycles. The highest BCUT2D eigenvalue weighted by molar-refractivity contribution is 6.14. The Bertz CT molecular complexity index is 3520. The second-order valence-corrected chi connectivity index (χ2v) is 16.4. The van der Waals surface area contributed by atoms with Crippen molar-refractivity contribution >= 4 is 66.8 Å². The predicted molar refractivity (Wildman–Crippen MR) is 258 cm³/mol. The van der Waals surface area contributed by atoms with Crippen LogP contribution in [-0.2, 0) is 5.41 Å². The summed E-state index contributed by atoms with van der Waals surface area (Å²) in [6, 6.07) is 82.2. The number of furan rings is 1. The third-order valence-electron chi connectivity index (χ3n) is 13.1. The molecule has 1 unspecified atom stereocenters. The molecule has 0 amide bonds. The molecule has 4 heteroatoms. The monoisotopic (exact) mass is 806 g/mol. The molecule has 296 valence electrons. The molecule has 0 N–H and O–H groups in total. The van der Waals surface area contributed by atoms with Gasteiger partial charge in [0, 0.05) is 45.3 Å². The first kappa shape index (κ1) is 35.4. The van der Waals surface area contributed by atoms with Crippen LogP contribution in [0.5, 0.6) is 11.5 Å². The van der Waals surface area contributed by atoms with Crippen LogP contribution in [0.15, 0.2) is 235 Å². The van der Waals surface area contributed by atoms with Gasteiger partial charge in [-0.25, -0.2) is 0 Å². The first-order valence-electron chi connectivity index (χ1n) is 21.5. The zero-order chi connectivity index (χ0) is 41.5. The Hall–Kier alpha value is -8.34. The maximum absolute atomic E-state index is 7.27. The highest BCUT2D eigenvalue weighted by Gasteiger charge is 2.52. The summed E-state index contributed by atoms with van der Waals surface area (Å²) < 4.78 is 14.1. The largest absolute Gasteiger partial charge is 0.456 e. The van der Waals surface area contributed by atoms with Gasteiger partial charge in [0.25, 0.3) is 0 Å². The highest BCUT2D eigenvalue weighted by Crippen LogP contribution is 2.65.